The molecule has 0 saturated carbocycles. The number of hydrogen-bond acceptors (Lipinski definition) is 6. The summed E-state index contributed by atoms with van der Waals surface area (Å²) in [7, 11) is 0. The van der Waals surface area contributed by atoms with Gasteiger partial charge >= 0.3 is 17.9 Å². The third kappa shape index (κ3) is 47.5. The number of carbonyl (C=O) groups excluding carboxylic acids is 3. The molecule has 0 aliphatic heterocycles. The molecular weight excluding hydrogens is 757 g/mol. The Morgan fingerprint density at radius 1 is 0.361 bits per heavy atom. The van der Waals surface area contributed by atoms with Gasteiger partial charge in [0.2, 0.25) is 0 Å². The van der Waals surface area contributed by atoms with Gasteiger partial charge in [-0.3, -0.25) is 14.4 Å². The summed E-state index contributed by atoms with van der Waals surface area (Å²) in [6.07, 6.45) is 62.9. The van der Waals surface area contributed by atoms with E-state index in [1.54, 1.807) is 0 Å². The minimum Gasteiger partial charge on any atom is -0.462 e. The van der Waals surface area contributed by atoms with Crippen molar-refractivity contribution in [1.82, 2.24) is 0 Å². The molecule has 0 aliphatic carbocycles. The average Bonchev–Trinajstić information content (AvgIpc) is 3.26. The molecule has 0 bridgehead atoms. The summed E-state index contributed by atoms with van der Waals surface area (Å²) in [5.74, 6) is -1.02. The highest BCUT2D eigenvalue weighted by Gasteiger charge is 2.19. The van der Waals surface area contributed by atoms with Gasteiger partial charge in [-0.1, -0.05) is 202 Å². The van der Waals surface area contributed by atoms with Crippen LogP contribution in [0.1, 0.15) is 226 Å². The minimum atomic E-state index is -0.820. The molecule has 0 aromatic heterocycles. The smallest absolute Gasteiger partial charge is 0.306 e. The Kier molecular flexibility index (Phi) is 46.5. The molecule has 0 heterocycles. The van der Waals surface area contributed by atoms with Crippen LogP contribution in [0.4, 0.5) is 0 Å². The monoisotopic (exact) mass is 849 g/mol. The zero-order chi connectivity index (χ0) is 44.4. The van der Waals surface area contributed by atoms with E-state index in [-0.39, 0.29) is 37.5 Å². The fourth-order valence-corrected chi connectivity index (χ4v) is 6.65. The highest BCUT2D eigenvalue weighted by molar-refractivity contribution is 5.71. The van der Waals surface area contributed by atoms with E-state index in [2.05, 4.69) is 99.8 Å². The first-order valence-electron chi connectivity index (χ1n) is 25.1. The highest BCUT2D eigenvalue weighted by Crippen LogP contribution is 2.12. The number of allylic oxidation sites excluding steroid dienone is 14. The molecule has 1 unspecified atom stereocenters. The van der Waals surface area contributed by atoms with E-state index in [0.717, 1.165) is 109 Å². The summed E-state index contributed by atoms with van der Waals surface area (Å²) in [6.45, 7) is 6.41. The Hall–Kier alpha value is -3.41. The largest absolute Gasteiger partial charge is 0.462 e. The first-order valence-corrected chi connectivity index (χ1v) is 25.1. The van der Waals surface area contributed by atoms with E-state index in [0.29, 0.717) is 19.3 Å². The van der Waals surface area contributed by atoms with Crippen LogP contribution in [0.2, 0.25) is 0 Å². The van der Waals surface area contributed by atoms with Gasteiger partial charge in [-0.2, -0.15) is 0 Å². The van der Waals surface area contributed by atoms with E-state index in [9.17, 15) is 14.4 Å². The third-order valence-corrected chi connectivity index (χ3v) is 10.4. The molecule has 0 aromatic rings. The molecule has 1 atom stereocenters. The minimum absolute atomic E-state index is 0.114. The highest BCUT2D eigenvalue weighted by atomic mass is 16.6. The topological polar surface area (TPSA) is 78.9 Å². The van der Waals surface area contributed by atoms with Crippen molar-refractivity contribution >= 4 is 17.9 Å². The molecule has 0 aliphatic rings. The summed E-state index contributed by atoms with van der Waals surface area (Å²) >= 11 is 0. The fraction of sp³-hybridized carbons (Fsp3) is 0.691. The predicted octanol–water partition coefficient (Wildman–Crippen LogP) is 16.4. The van der Waals surface area contributed by atoms with Gasteiger partial charge in [0, 0.05) is 19.3 Å². The van der Waals surface area contributed by atoms with Crippen molar-refractivity contribution in [2.75, 3.05) is 13.2 Å². The van der Waals surface area contributed by atoms with Crippen LogP contribution in [-0.4, -0.2) is 37.2 Å². The molecule has 0 amide bonds. The third-order valence-electron chi connectivity index (χ3n) is 10.4. The number of esters is 3. The molecule has 0 radical (unpaired) electrons. The Bertz CT molecular complexity index is 1200. The van der Waals surface area contributed by atoms with Crippen molar-refractivity contribution in [3.05, 3.63) is 85.1 Å². The molecule has 6 nitrogen and oxygen atoms in total. The maximum Gasteiger partial charge on any atom is 0.306 e. The average molecular weight is 849 g/mol. The van der Waals surface area contributed by atoms with Gasteiger partial charge < -0.3 is 14.2 Å². The standard InChI is InChI=1S/C55H92O6/c1-4-7-10-13-16-19-22-25-26-27-28-29-31-33-36-39-42-45-48-54(57)60-51-52(50-59-53(56)47-44-41-38-35-32-24-21-18-15-12-9-6-3)61-55(58)49-46-43-40-37-34-30-23-20-17-14-11-8-5-2/h9,12,18,21-22,25-30,34,40,43,52H,4-8,10-11,13-17,19-20,23-24,31-33,35-39,41-42,44-51H2,1-3H3/b12-9-,21-18-,25-22-,27-26-,29-28-,34-30-,43-40-. The van der Waals surface area contributed by atoms with Gasteiger partial charge in [-0.05, 0) is 89.9 Å². The maximum absolute atomic E-state index is 12.7. The lowest BCUT2D eigenvalue weighted by Crippen LogP contribution is -2.30. The van der Waals surface area contributed by atoms with E-state index < -0.39 is 6.10 Å². The molecule has 0 fully saturated rings. The van der Waals surface area contributed by atoms with Crippen molar-refractivity contribution in [3.8, 4) is 0 Å². The van der Waals surface area contributed by atoms with Crippen LogP contribution in [0.5, 0.6) is 0 Å². The summed E-state index contributed by atoms with van der Waals surface area (Å²) in [6, 6.07) is 0. The molecule has 61 heavy (non-hydrogen) atoms. The Labute approximate surface area is 375 Å². The second-order valence-electron chi connectivity index (χ2n) is 16.4. The normalized spacial score (nSPS) is 12.8. The molecule has 348 valence electrons. The Morgan fingerprint density at radius 2 is 0.738 bits per heavy atom. The van der Waals surface area contributed by atoms with E-state index >= 15 is 0 Å². The van der Waals surface area contributed by atoms with Crippen LogP contribution in [-0.2, 0) is 28.6 Å². The number of unbranched alkanes of at least 4 members (excludes halogenated alkanes) is 21. The zero-order valence-corrected chi connectivity index (χ0v) is 39.7. The van der Waals surface area contributed by atoms with Crippen LogP contribution >= 0.6 is 0 Å². The lowest BCUT2D eigenvalue weighted by Gasteiger charge is -2.18. The van der Waals surface area contributed by atoms with Crippen molar-refractivity contribution in [2.24, 2.45) is 0 Å². The first-order chi connectivity index (χ1) is 30.0. The van der Waals surface area contributed by atoms with Gasteiger partial charge in [0.1, 0.15) is 13.2 Å². The van der Waals surface area contributed by atoms with E-state index in [4.69, 9.17) is 14.2 Å². The number of rotatable bonds is 44. The second-order valence-corrected chi connectivity index (χ2v) is 16.4. The molecule has 0 saturated heterocycles. The molecule has 0 aromatic carbocycles. The number of ether oxygens (including phenoxy) is 3. The Balaban J connectivity index is 4.49. The fourth-order valence-electron chi connectivity index (χ4n) is 6.65. The first kappa shape index (κ1) is 57.6. The lowest BCUT2D eigenvalue weighted by atomic mass is 10.1. The predicted molar refractivity (Wildman–Crippen MR) is 261 cm³/mol. The van der Waals surface area contributed by atoms with Crippen LogP contribution in [0.15, 0.2) is 85.1 Å². The van der Waals surface area contributed by atoms with Gasteiger partial charge in [-0.25, -0.2) is 0 Å². The van der Waals surface area contributed by atoms with E-state index in [1.807, 2.05) is 6.08 Å². The zero-order valence-electron chi connectivity index (χ0n) is 39.7. The van der Waals surface area contributed by atoms with Crippen LogP contribution < -0.4 is 0 Å². The van der Waals surface area contributed by atoms with Crippen molar-refractivity contribution in [3.63, 3.8) is 0 Å². The van der Waals surface area contributed by atoms with Gasteiger partial charge in [0.15, 0.2) is 6.10 Å². The van der Waals surface area contributed by atoms with E-state index in [1.165, 1.54) is 70.6 Å². The van der Waals surface area contributed by atoms with Crippen molar-refractivity contribution in [2.45, 2.75) is 232 Å². The van der Waals surface area contributed by atoms with Crippen LogP contribution in [0, 0.1) is 0 Å². The quantitative estimate of drug-likeness (QED) is 0.0200. The van der Waals surface area contributed by atoms with Crippen LogP contribution in [0.25, 0.3) is 0 Å². The molecule has 0 spiro atoms. The second kappa shape index (κ2) is 49.2. The molecule has 0 N–H and O–H groups in total. The Morgan fingerprint density at radius 3 is 1.18 bits per heavy atom. The van der Waals surface area contributed by atoms with Gasteiger partial charge in [0.05, 0.1) is 0 Å². The number of carbonyl (C=O) groups is 3. The van der Waals surface area contributed by atoms with Crippen molar-refractivity contribution in [1.29, 1.82) is 0 Å². The molecular formula is C55H92O6. The van der Waals surface area contributed by atoms with Gasteiger partial charge in [-0.15, -0.1) is 0 Å². The maximum atomic E-state index is 12.7. The lowest BCUT2D eigenvalue weighted by molar-refractivity contribution is -0.166. The molecule has 0 rings (SSSR count). The van der Waals surface area contributed by atoms with Crippen molar-refractivity contribution < 1.29 is 28.6 Å². The van der Waals surface area contributed by atoms with Gasteiger partial charge in [0.25, 0.3) is 0 Å². The molecule has 6 heteroatoms. The SMILES string of the molecule is CC/C=C\C/C=C\CCCCCCCC(=O)OCC(COC(=O)CCCCCCC\C=C/C=C\C=C/CCCCCCC)OC(=O)CC/C=C\C/C=C\CCCCCCCC. The van der Waals surface area contributed by atoms with Crippen LogP contribution in [0.3, 0.4) is 0 Å². The summed E-state index contributed by atoms with van der Waals surface area (Å²) < 4.78 is 16.7. The summed E-state index contributed by atoms with van der Waals surface area (Å²) in [4.78, 5) is 37.9. The summed E-state index contributed by atoms with van der Waals surface area (Å²) in [5, 5.41) is 0. The summed E-state index contributed by atoms with van der Waals surface area (Å²) in [5.41, 5.74) is 0. The number of hydrogen-bond donors (Lipinski definition) is 0.